The number of para-hydroxylation sites is 3. The van der Waals surface area contributed by atoms with Crippen LogP contribution in [0.3, 0.4) is 0 Å². The number of rotatable bonds is 4. The lowest BCUT2D eigenvalue weighted by Crippen LogP contribution is -2.30. The highest BCUT2D eigenvalue weighted by Crippen LogP contribution is 2.52. The Morgan fingerprint density at radius 1 is 0.455 bits per heavy atom. The molecule has 0 saturated carbocycles. The molecule has 3 heterocycles. The number of fused-ring (bicyclic) bond motifs is 8. The molecule has 0 atom stereocenters. The Labute approximate surface area is 319 Å². The van der Waals surface area contributed by atoms with Crippen molar-refractivity contribution in [1.29, 1.82) is 0 Å². The topological polar surface area (TPSA) is 34.0 Å². The van der Waals surface area contributed by atoms with Crippen molar-refractivity contribution in [2.75, 3.05) is 4.90 Å². The standard InChI is InChI=1S/C51H36N4/c1-51(2)41-22-12-14-24-45(41)54(37-18-7-4-8-19-37)46-29-27-36(32-42(46)51)35-26-28-44-40(31-35)48-38-20-10-9-15-33(38)25-30-47(48)55(44)50-52-43-23-13-11-21-39(43)49(53-50)34-16-5-3-6-17-34/h3-32H,1-2H3. The lowest BCUT2D eigenvalue weighted by Gasteiger charge is -2.42. The second-order valence-corrected chi connectivity index (χ2v) is 15.0. The zero-order valence-electron chi connectivity index (χ0n) is 30.6. The zero-order valence-corrected chi connectivity index (χ0v) is 30.6. The fourth-order valence-electron chi connectivity index (χ4n) is 8.90. The molecule has 1 aliphatic rings. The molecule has 0 saturated heterocycles. The van der Waals surface area contributed by atoms with Crippen LogP contribution < -0.4 is 4.90 Å². The zero-order chi connectivity index (χ0) is 36.7. The third-order valence-electron chi connectivity index (χ3n) is 11.6. The van der Waals surface area contributed by atoms with E-state index in [1.165, 1.54) is 55.2 Å². The van der Waals surface area contributed by atoms with Crippen LogP contribution >= 0.6 is 0 Å². The molecule has 0 radical (unpaired) electrons. The second kappa shape index (κ2) is 12.0. The van der Waals surface area contributed by atoms with Gasteiger partial charge in [-0.05, 0) is 87.6 Å². The first-order valence-corrected chi connectivity index (χ1v) is 18.9. The SMILES string of the molecule is CC1(C)c2ccccc2N(c2ccccc2)c2ccc(-c3ccc4c(c3)c3c5ccccc5ccc3n4-c3nc(-c4ccccc4)c4ccccc4n3)cc21. The highest BCUT2D eigenvalue weighted by molar-refractivity contribution is 6.21. The van der Waals surface area contributed by atoms with Crippen LogP contribution in [0.25, 0.3) is 71.8 Å². The van der Waals surface area contributed by atoms with E-state index in [-0.39, 0.29) is 5.41 Å². The van der Waals surface area contributed by atoms with Crippen molar-refractivity contribution < 1.29 is 0 Å². The van der Waals surface area contributed by atoms with E-state index in [1.807, 2.05) is 6.07 Å². The Morgan fingerprint density at radius 3 is 1.96 bits per heavy atom. The van der Waals surface area contributed by atoms with Crippen LogP contribution in [-0.4, -0.2) is 14.5 Å². The van der Waals surface area contributed by atoms with Crippen molar-refractivity contribution in [3.8, 4) is 28.3 Å². The van der Waals surface area contributed by atoms with Gasteiger partial charge in [0.1, 0.15) is 0 Å². The molecule has 2 aromatic heterocycles. The average Bonchev–Trinajstić information content (AvgIpc) is 3.58. The van der Waals surface area contributed by atoms with Gasteiger partial charge in [0.25, 0.3) is 0 Å². The molecule has 260 valence electrons. The molecule has 0 bridgehead atoms. The van der Waals surface area contributed by atoms with Crippen molar-refractivity contribution >= 4 is 60.5 Å². The molecule has 0 N–H and O–H groups in total. The minimum Gasteiger partial charge on any atom is -0.310 e. The van der Waals surface area contributed by atoms with Gasteiger partial charge in [0, 0.05) is 32.8 Å². The number of benzene rings is 8. The maximum absolute atomic E-state index is 5.34. The monoisotopic (exact) mass is 704 g/mol. The molecule has 0 amide bonds. The first kappa shape index (κ1) is 31.5. The maximum Gasteiger partial charge on any atom is 0.235 e. The molecule has 0 spiro atoms. The maximum atomic E-state index is 5.34. The van der Waals surface area contributed by atoms with Crippen LogP contribution in [0, 0.1) is 0 Å². The molecule has 11 rings (SSSR count). The number of nitrogens with zero attached hydrogens (tertiary/aromatic N) is 4. The van der Waals surface area contributed by atoms with Crippen molar-refractivity contribution in [2.45, 2.75) is 19.3 Å². The molecular formula is C51H36N4. The van der Waals surface area contributed by atoms with Crippen LogP contribution in [-0.2, 0) is 5.41 Å². The van der Waals surface area contributed by atoms with Gasteiger partial charge in [-0.2, -0.15) is 0 Å². The summed E-state index contributed by atoms with van der Waals surface area (Å²) in [6.45, 7) is 4.71. The van der Waals surface area contributed by atoms with Gasteiger partial charge in [-0.3, -0.25) is 4.57 Å². The van der Waals surface area contributed by atoms with Gasteiger partial charge >= 0.3 is 0 Å². The third kappa shape index (κ3) is 4.78. The molecule has 0 unspecified atom stereocenters. The molecule has 0 aliphatic carbocycles. The van der Waals surface area contributed by atoms with Crippen LogP contribution in [0.4, 0.5) is 17.1 Å². The highest BCUT2D eigenvalue weighted by atomic mass is 15.2. The van der Waals surface area contributed by atoms with Gasteiger partial charge in [0.15, 0.2) is 0 Å². The molecule has 10 aromatic rings. The Kier molecular flexibility index (Phi) is 6.86. The van der Waals surface area contributed by atoms with Crippen LogP contribution in [0.2, 0.25) is 0 Å². The average molecular weight is 705 g/mol. The van der Waals surface area contributed by atoms with E-state index in [1.54, 1.807) is 0 Å². The summed E-state index contributed by atoms with van der Waals surface area (Å²) < 4.78 is 2.25. The molecule has 4 heteroatoms. The number of hydrogen-bond acceptors (Lipinski definition) is 3. The Morgan fingerprint density at radius 2 is 1.11 bits per heavy atom. The fourth-order valence-corrected chi connectivity index (χ4v) is 8.90. The quantitative estimate of drug-likeness (QED) is 0.183. The van der Waals surface area contributed by atoms with Gasteiger partial charge in [0.05, 0.1) is 33.6 Å². The van der Waals surface area contributed by atoms with E-state index in [4.69, 9.17) is 9.97 Å². The molecule has 8 aromatic carbocycles. The van der Waals surface area contributed by atoms with Gasteiger partial charge < -0.3 is 4.90 Å². The minimum absolute atomic E-state index is 0.201. The lowest BCUT2D eigenvalue weighted by molar-refractivity contribution is 0.632. The second-order valence-electron chi connectivity index (χ2n) is 15.0. The van der Waals surface area contributed by atoms with Gasteiger partial charge in [-0.1, -0.05) is 141 Å². The van der Waals surface area contributed by atoms with E-state index < -0.39 is 0 Å². The predicted molar refractivity (Wildman–Crippen MR) is 229 cm³/mol. The third-order valence-corrected chi connectivity index (χ3v) is 11.6. The van der Waals surface area contributed by atoms with E-state index >= 15 is 0 Å². The Balaban J connectivity index is 1.15. The number of hydrogen-bond donors (Lipinski definition) is 0. The van der Waals surface area contributed by atoms with Crippen LogP contribution in [0.5, 0.6) is 0 Å². The normalized spacial score (nSPS) is 13.4. The summed E-state index contributed by atoms with van der Waals surface area (Å²) in [5.74, 6) is 0.663. The molecule has 4 nitrogen and oxygen atoms in total. The Hall–Kier alpha value is -7.04. The van der Waals surface area contributed by atoms with E-state index in [0.717, 1.165) is 38.9 Å². The summed E-state index contributed by atoms with van der Waals surface area (Å²) >= 11 is 0. The summed E-state index contributed by atoms with van der Waals surface area (Å²) in [7, 11) is 0. The van der Waals surface area contributed by atoms with Crippen molar-refractivity contribution in [3.05, 3.63) is 193 Å². The first-order chi connectivity index (χ1) is 27.0. The Bertz CT molecular complexity index is 3120. The summed E-state index contributed by atoms with van der Waals surface area (Å²) in [6, 6.07) is 65.3. The van der Waals surface area contributed by atoms with Crippen molar-refractivity contribution in [2.24, 2.45) is 0 Å². The number of anilines is 3. The molecule has 55 heavy (non-hydrogen) atoms. The van der Waals surface area contributed by atoms with Crippen LogP contribution in [0.1, 0.15) is 25.0 Å². The predicted octanol–water partition coefficient (Wildman–Crippen LogP) is 13.3. The summed E-state index contributed by atoms with van der Waals surface area (Å²) in [4.78, 5) is 13.0. The molecular weight excluding hydrogens is 669 g/mol. The minimum atomic E-state index is -0.201. The summed E-state index contributed by atoms with van der Waals surface area (Å²) in [6.07, 6.45) is 0. The van der Waals surface area contributed by atoms with Crippen LogP contribution in [0.15, 0.2) is 182 Å². The summed E-state index contributed by atoms with van der Waals surface area (Å²) in [5, 5.41) is 5.84. The lowest BCUT2D eigenvalue weighted by atomic mass is 9.73. The van der Waals surface area contributed by atoms with Gasteiger partial charge in [0.2, 0.25) is 5.95 Å². The van der Waals surface area contributed by atoms with E-state index in [9.17, 15) is 0 Å². The van der Waals surface area contributed by atoms with Gasteiger partial charge in [-0.25, -0.2) is 9.97 Å². The van der Waals surface area contributed by atoms with E-state index in [2.05, 4.69) is 199 Å². The molecule has 0 fully saturated rings. The van der Waals surface area contributed by atoms with Crippen molar-refractivity contribution in [3.63, 3.8) is 0 Å². The molecule has 1 aliphatic heterocycles. The fraction of sp³-hybridized carbons (Fsp3) is 0.0588. The van der Waals surface area contributed by atoms with E-state index in [0.29, 0.717) is 5.95 Å². The van der Waals surface area contributed by atoms with Crippen molar-refractivity contribution in [1.82, 2.24) is 14.5 Å². The smallest absolute Gasteiger partial charge is 0.235 e. The number of aromatic nitrogens is 3. The summed E-state index contributed by atoms with van der Waals surface area (Å²) in [5.41, 5.74) is 13.5. The highest BCUT2D eigenvalue weighted by Gasteiger charge is 2.37. The first-order valence-electron chi connectivity index (χ1n) is 18.9. The largest absolute Gasteiger partial charge is 0.310 e. The van der Waals surface area contributed by atoms with Gasteiger partial charge in [-0.15, -0.1) is 0 Å².